The number of aryl methyl sites for hydroxylation is 8. The van der Waals surface area contributed by atoms with Crippen molar-refractivity contribution in [1.82, 2.24) is 0 Å². The van der Waals surface area contributed by atoms with Crippen molar-refractivity contribution in [2.24, 2.45) is 0 Å². The Morgan fingerprint density at radius 2 is 0.548 bits per heavy atom. The predicted molar refractivity (Wildman–Crippen MR) is 361 cm³/mol. The number of rotatable bonds is 6. The summed E-state index contributed by atoms with van der Waals surface area (Å²) in [6, 6.07) is 88.1. The number of fused-ring (bicyclic) bond motifs is 9. The van der Waals surface area contributed by atoms with Crippen LogP contribution in [-0.4, -0.2) is 13.4 Å². The second-order valence-electron chi connectivity index (χ2n) is 24.3. The first-order valence-electron chi connectivity index (χ1n) is 29.7. The van der Waals surface area contributed by atoms with Gasteiger partial charge in [0.05, 0.1) is 0 Å². The zero-order valence-electron chi connectivity index (χ0n) is 48.9. The molecule has 4 heterocycles. The van der Waals surface area contributed by atoms with Crippen LogP contribution in [0.15, 0.2) is 231 Å². The van der Waals surface area contributed by atoms with Crippen LogP contribution in [0.5, 0.6) is 0 Å². The molecule has 0 atom stereocenters. The van der Waals surface area contributed by atoms with Crippen LogP contribution in [-0.2, 0) is 0 Å². The summed E-state index contributed by atoms with van der Waals surface area (Å²) in [7, 11) is 0. The largest absolute Gasteiger partial charge is 0.311 e. The van der Waals surface area contributed by atoms with E-state index in [0.29, 0.717) is 0 Å². The maximum atomic E-state index is 2.55. The molecule has 0 saturated carbocycles. The normalized spacial score (nSPS) is 13.3. The first-order chi connectivity index (χ1) is 40.9. The van der Waals surface area contributed by atoms with E-state index in [0.717, 1.165) is 11.4 Å². The number of hydrogen-bond acceptors (Lipinski definition) is 4. The zero-order chi connectivity index (χ0) is 56.8. The van der Waals surface area contributed by atoms with Crippen molar-refractivity contribution in [2.75, 3.05) is 19.6 Å². The smallest absolute Gasteiger partial charge is 0.252 e. The molecule has 0 aliphatic carbocycles. The third-order valence-electron chi connectivity index (χ3n) is 18.5. The van der Waals surface area contributed by atoms with Crippen molar-refractivity contribution in [3.63, 3.8) is 0 Å². The summed E-state index contributed by atoms with van der Waals surface area (Å²) in [4.78, 5) is 10.1. The SMILES string of the molecule is Cc1ccc(N2c3ccc(C)cc3B3c4cc(-c5c(C)ccc6c(-c7ccc8c(c7)B7c9cc(C)ccc9N(c9ccc(C)cc9)c9cc(C)cc(c97)N8c7ccccc7)c(C)ccc56)ccc4N(c4ccccc4)c4cc(C)cc2c43)cc1. The summed E-state index contributed by atoms with van der Waals surface area (Å²) in [5.74, 6) is 0. The molecule has 16 rings (SSSR count). The van der Waals surface area contributed by atoms with Crippen LogP contribution in [0.1, 0.15) is 44.5 Å². The lowest BCUT2D eigenvalue weighted by molar-refractivity contribution is 1.23. The Labute approximate surface area is 494 Å². The molecule has 0 fully saturated rings. The first kappa shape index (κ1) is 50.0. The quantitative estimate of drug-likeness (QED) is 0.154. The summed E-state index contributed by atoms with van der Waals surface area (Å²) < 4.78 is 0. The van der Waals surface area contributed by atoms with Gasteiger partial charge < -0.3 is 19.6 Å². The van der Waals surface area contributed by atoms with Crippen molar-refractivity contribution in [3.05, 3.63) is 275 Å². The lowest BCUT2D eigenvalue weighted by Gasteiger charge is -2.44. The van der Waals surface area contributed by atoms with Crippen molar-refractivity contribution >= 4 is 125 Å². The molecule has 6 heteroatoms. The number of para-hydroxylation sites is 2. The molecule has 0 unspecified atom stereocenters. The fourth-order valence-corrected chi connectivity index (χ4v) is 14.9. The summed E-state index contributed by atoms with van der Waals surface area (Å²) in [5.41, 5.74) is 37.4. The van der Waals surface area contributed by atoms with Gasteiger partial charge in [-0.05, 0) is 241 Å². The average molecular weight is 1080 g/mol. The molecule has 84 heavy (non-hydrogen) atoms. The summed E-state index contributed by atoms with van der Waals surface area (Å²) in [6.07, 6.45) is 0. The Morgan fingerprint density at radius 3 is 0.905 bits per heavy atom. The molecule has 0 amide bonds. The molecule has 4 nitrogen and oxygen atoms in total. The van der Waals surface area contributed by atoms with E-state index in [4.69, 9.17) is 0 Å². The molecule has 0 spiro atoms. The second-order valence-corrected chi connectivity index (χ2v) is 24.3. The number of benzene rings is 12. The molecular weight excluding hydrogens is 1010 g/mol. The fraction of sp³-hybridized carbons (Fsp3) is 0.103. The maximum absolute atomic E-state index is 2.55. The van der Waals surface area contributed by atoms with Gasteiger partial charge >= 0.3 is 0 Å². The van der Waals surface area contributed by atoms with E-state index in [1.165, 1.54) is 167 Å². The van der Waals surface area contributed by atoms with E-state index in [1.54, 1.807) is 0 Å². The highest BCUT2D eigenvalue weighted by Crippen LogP contribution is 2.49. The minimum atomic E-state index is -0.00613. The molecule has 4 aliphatic rings. The maximum Gasteiger partial charge on any atom is 0.252 e. The van der Waals surface area contributed by atoms with E-state index in [-0.39, 0.29) is 13.4 Å². The van der Waals surface area contributed by atoms with Crippen molar-refractivity contribution in [2.45, 2.75) is 55.4 Å². The standard InChI is InChI=1S/C78H62B2N4/c1-47-19-29-59(30-20-47)83-67-35-23-49(3)39-63(67)79-65-45-55(27-37-69(65)81(57-15-11-9-12-16-57)71-41-51(5)43-73(83)77(71)79)75-53(7)25-34-62-61(75)33-26-54(8)76(62)56-28-38-70-66(46-56)80-64-40-50(4)24-36-68(64)84(60-31-21-48(2)22-32-60)74-44-52(6)42-72(78(74)80)82(70)58-17-13-10-14-18-58/h9-46H,1-8H3. The highest BCUT2D eigenvalue weighted by atomic mass is 15.2. The van der Waals surface area contributed by atoms with E-state index < -0.39 is 0 Å². The van der Waals surface area contributed by atoms with Gasteiger partial charge in [-0.25, -0.2) is 0 Å². The molecule has 0 aromatic heterocycles. The lowest BCUT2D eigenvalue weighted by Crippen LogP contribution is -2.61. The van der Waals surface area contributed by atoms with Gasteiger partial charge in [0.2, 0.25) is 0 Å². The van der Waals surface area contributed by atoms with Crippen LogP contribution in [0.4, 0.5) is 68.2 Å². The minimum absolute atomic E-state index is 0.00613. The molecule has 0 bridgehead atoms. The minimum Gasteiger partial charge on any atom is -0.311 e. The first-order valence-corrected chi connectivity index (χ1v) is 29.7. The van der Waals surface area contributed by atoms with Crippen LogP contribution < -0.4 is 52.4 Å². The van der Waals surface area contributed by atoms with Gasteiger partial charge in [-0.3, -0.25) is 0 Å². The summed E-state index contributed by atoms with van der Waals surface area (Å²) >= 11 is 0. The van der Waals surface area contributed by atoms with Gasteiger partial charge in [0.1, 0.15) is 0 Å². The summed E-state index contributed by atoms with van der Waals surface area (Å²) in [5, 5.41) is 2.51. The van der Waals surface area contributed by atoms with Crippen LogP contribution in [0.25, 0.3) is 33.0 Å². The van der Waals surface area contributed by atoms with E-state index >= 15 is 0 Å². The third-order valence-corrected chi connectivity index (χ3v) is 18.5. The number of nitrogens with zero attached hydrogens (tertiary/aromatic N) is 4. The van der Waals surface area contributed by atoms with E-state index in [2.05, 4.69) is 306 Å². The third kappa shape index (κ3) is 7.56. The topological polar surface area (TPSA) is 13.0 Å². The highest BCUT2D eigenvalue weighted by Gasteiger charge is 2.46. The van der Waals surface area contributed by atoms with Crippen LogP contribution in [0.2, 0.25) is 0 Å². The Morgan fingerprint density at radius 1 is 0.238 bits per heavy atom. The monoisotopic (exact) mass is 1080 g/mol. The van der Waals surface area contributed by atoms with Crippen molar-refractivity contribution in [3.8, 4) is 22.3 Å². The van der Waals surface area contributed by atoms with Crippen molar-refractivity contribution in [1.29, 1.82) is 0 Å². The predicted octanol–water partition coefficient (Wildman–Crippen LogP) is 16.8. The Balaban J connectivity index is 0.900. The number of anilines is 12. The Kier molecular flexibility index (Phi) is 11.2. The fourth-order valence-electron chi connectivity index (χ4n) is 14.9. The molecule has 12 aromatic carbocycles. The Hall–Kier alpha value is -9.77. The van der Waals surface area contributed by atoms with Gasteiger partial charge in [-0.2, -0.15) is 0 Å². The average Bonchev–Trinajstić information content (AvgIpc) is 0.733. The van der Waals surface area contributed by atoms with Gasteiger partial charge in [-0.15, -0.1) is 0 Å². The molecule has 12 aromatic rings. The van der Waals surface area contributed by atoms with Crippen LogP contribution >= 0.6 is 0 Å². The number of hydrogen-bond donors (Lipinski definition) is 0. The Bertz CT molecular complexity index is 4420. The van der Waals surface area contributed by atoms with E-state index in [9.17, 15) is 0 Å². The van der Waals surface area contributed by atoms with Crippen LogP contribution in [0.3, 0.4) is 0 Å². The highest BCUT2D eigenvalue weighted by molar-refractivity contribution is 7.01. The molecule has 4 aliphatic heterocycles. The molecule has 0 saturated heterocycles. The van der Waals surface area contributed by atoms with E-state index in [1.807, 2.05) is 0 Å². The zero-order valence-corrected chi connectivity index (χ0v) is 48.9. The van der Waals surface area contributed by atoms with Gasteiger partial charge in [0.15, 0.2) is 0 Å². The van der Waals surface area contributed by atoms with Crippen molar-refractivity contribution < 1.29 is 0 Å². The lowest BCUT2D eigenvalue weighted by atomic mass is 9.33. The molecule has 0 radical (unpaired) electrons. The van der Waals surface area contributed by atoms with Crippen LogP contribution in [0, 0.1) is 55.4 Å². The summed E-state index contributed by atoms with van der Waals surface area (Å²) in [6.45, 7) is 17.9. The second kappa shape index (κ2) is 18.9. The molecular formula is C78H62B2N4. The molecule has 0 N–H and O–H groups in total. The van der Waals surface area contributed by atoms with Gasteiger partial charge in [-0.1, -0.05) is 156 Å². The van der Waals surface area contributed by atoms with Gasteiger partial charge in [0.25, 0.3) is 13.4 Å². The van der Waals surface area contributed by atoms with Gasteiger partial charge in [0, 0.05) is 68.2 Å². The molecule has 400 valence electrons.